The van der Waals surface area contributed by atoms with Crippen molar-refractivity contribution in [2.45, 2.75) is 44.1 Å². The molecule has 32 heavy (non-hydrogen) atoms. The molecule has 1 aliphatic heterocycles. The lowest BCUT2D eigenvalue weighted by Crippen LogP contribution is -2.47. The predicted molar refractivity (Wildman–Crippen MR) is 108 cm³/mol. The van der Waals surface area contributed by atoms with Gasteiger partial charge in [0.15, 0.2) is 5.82 Å². The van der Waals surface area contributed by atoms with Crippen molar-refractivity contribution in [3.63, 3.8) is 0 Å². The number of nitrogens with zero attached hydrogens (tertiary/aromatic N) is 6. The molecule has 1 saturated heterocycles. The number of rotatable bonds is 7. The van der Waals surface area contributed by atoms with Crippen LogP contribution in [0, 0.1) is 17.5 Å². The Morgan fingerprint density at radius 2 is 1.88 bits per heavy atom. The van der Waals surface area contributed by atoms with Crippen molar-refractivity contribution in [3.8, 4) is 0 Å². The minimum atomic E-state index is -1.82. The van der Waals surface area contributed by atoms with Crippen molar-refractivity contribution in [1.29, 1.82) is 0 Å². The van der Waals surface area contributed by atoms with Gasteiger partial charge in [0, 0.05) is 24.7 Å². The monoisotopic (exact) mass is 448 g/mol. The Morgan fingerprint density at radius 3 is 2.50 bits per heavy atom. The molecule has 0 aliphatic carbocycles. The smallest absolute Gasteiger partial charge is 0.225 e. The highest BCUT2D eigenvalue weighted by atomic mass is 19.1. The fourth-order valence-electron chi connectivity index (χ4n) is 3.90. The van der Waals surface area contributed by atoms with E-state index >= 15 is 0 Å². The Bertz CT molecular complexity index is 1030. The van der Waals surface area contributed by atoms with Gasteiger partial charge in [-0.15, -0.1) is 0 Å². The second kappa shape index (κ2) is 9.21. The van der Waals surface area contributed by atoms with Gasteiger partial charge in [-0.25, -0.2) is 32.8 Å². The summed E-state index contributed by atoms with van der Waals surface area (Å²) < 4.78 is 48.7. The third-order valence-corrected chi connectivity index (χ3v) is 5.67. The van der Waals surface area contributed by atoms with Crippen LogP contribution in [-0.2, 0) is 16.9 Å². The van der Waals surface area contributed by atoms with Crippen LogP contribution >= 0.6 is 0 Å². The molecule has 2 atom stereocenters. The van der Waals surface area contributed by atoms with Gasteiger partial charge in [0.1, 0.15) is 29.9 Å². The van der Waals surface area contributed by atoms with E-state index in [1.807, 2.05) is 4.90 Å². The zero-order valence-electron chi connectivity index (χ0n) is 17.4. The summed E-state index contributed by atoms with van der Waals surface area (Å²) >= 11 is 0. The molecular formula is C21H23F3N6O2. The molecule has 1 aliphatic rings. The van der Waals surface area contributed by atoms with Crippen molar-refractivity contribution in [2.24, 2.45) is 0 Å². The molecule has 0 unspecified atom stereocenters. The Labute approximate surface area is 182 Å². The topological polar surface area (TPSA) is 89.2 Å². The number of anilines is 1. The third kappa shape index (κ3) is 4.73. The molecule has 170 valence electrons. The minimum absolute atomic E-state index is 0.0842. The number of aromatic nitrogens is 5. The van der Waals surface area contributed by atoms with Crippen LogP contribution in [0.15, 0.2) is 43.2 Å². The number of hydrogen-bond acceptors (Lipinski definition) is 7. The van der Waals surface area contributed by atoms with Crippen molar-refractivity contribution < 1.29 is 23.0 Å². The van der Waals surface area contributed by atoms with E-state index in [9.17, 15) is 18.3 Å². The molecule has 0 spiro atoms. The summed E-state index contributed by atoms with van der Waals surface area (Å²) in [7, 11) is 0. The van der Waals surface area contributed by atoms with Gasteiger partial charge in [0.2, 0.25) is 5.95 Å². The zero-order chi connectivity index (χ0) is 22.7. The summed E-state index contributed by atoms with van der Waals surface area (Å²) in [6.45, 7) is 2.68. The summed E-state index contributed by atoms with van der Waals surface area (Å²) in [5.74, 6) is -1.67. The Balaban J connectivity index is 1.48. The molecule has 2 aromatic heterocycles. The average molecular weight is 448 g/mol. The van der Waals surface area contributed by atoms with Gasteiger partial charge in [0.25, 0.3) is 0 Å². The van der Waals surface area contributed by atoms with Crippen LogP contribution in [0.4, 0.5) is 19.1 Å². The van der Waals surface area contributed by atoms with Gasteiger partial charge in [-0.2, -0.15) is 5.10 Å². The largest absolute Gasteiger partial charge is 0.380 e. The van der Waals surface area contributed by atoms with Gasteiger partial charge in [-0.05, 0) is 25.8 Å². The number of benzene rings is 1. The Kier molecular flexibility index (Phi) is 6.38. The third-order valence-electron chi connectivity index (χ3n) is 5.67. The minimum Gasteiger partial charge on any atom is -0.380 e. The highest BCUT2D eigenvalue weighted by Gasteiger charge is 2.41. The number of ether oxygens (including phenoxy) is 1. The number of halogens is 3. The maximum Gasteiger partial charge on any atom is 0.225 e. The number of hydrogen-bond donors (Lipinski definition) is 1. The van der Waals surface area contributed by atoms with Crippen molar-refractivity contribution in [3.05, 3.63) is 66.3 Å². The first-order chi connectivity index (χ1) is 15.3. The fourth-order valence-corrected chi connectivity index (χ4v) is 3.90. The molecule has 8 nitrogen and oxygen atoms in total. The lowest BCUT2D eigenvalue weighted by Gasteiger charge is -2.39. The van der Waals surface area contributed by atoms with E-state index in [2.05, 4.69) is 20.1 Å². The van der Waals surface area contributed by atoms with E-state index in [4.69, 9.17) is 4.74 Å². The summed E-state index contributed by atoms with van der Waals surface area (Å²) in [5.41, 5.74) is -1.90. The molecular weight excluding hydrogens is 425 g/mol. The van der Waals surface area contributed by atoms with E-state index in [-0.39, 0.29) is 18.2 Å². The molecule has 4 rings (SSSR count). The van der Waals surface area contributed by atoms with Gasteiger partial charge in [-0.3, -0.25) is 0 Å². The molecule has 0 bridgehead atoms. The quantitative estimate of drug-likeness (QED) is 0.594. The van der Waals surface area contributed by atoms with Crippen LogP contribution in [0.25, 0.3) is 0 Å². The lowest BCUT2D eigenvalue weighted by atomic mass is 9.87. The number of aliphatic hydroxyl groups is 1. The standard InChI is InChI=1S/C21H23F3N6O2/c1-14(32-17-4-6-29(7-5-17)20-26-9-16(23)10-27-20)21(31,11-30-13-25-12-28-30)18-3-2-15(22)8-19(18)24/h2-3,8-10,12-14,17,31H,4-7,11H2,1H3/t14-,21-/m1/s1. The van der Waals surface area contributed by atoms with E-state index < -0.39 is 29.2 Å². The van der Waals surface area contributed by atoms with Gasteiger partial charge in [-0.1, -0.05) is 6.07 Å². The Hall–Kier alpha value is -3.05. The molecule has 0 amide bonds. The SMILES string of the molecule is C[C@@H](OC1CCN(c2ncc(F)cn2)CC1)[C@](O)(Cn1cncn1)c1ccc(F)cc1F. The first-order valence-corrected chi connectivity index (χ1v) is 10.2. The molecule has 1 fully saturated rings. The van der Waals surface area contributed by atoms with Crippen molar-refractivity contribution >= 4 is 5.95 Å². The molecule has 1 aromatic carbocycles. The van der Waals surface area contributed by atoms with E-state index in [1.165, 1.54) is 23.4 Å². The van der Waals surface area contributed by atoms with Crippen molar-refractivity contribution in [1.82, 2.24) is 24.7 Å². The Morgan fingerprint density at radius 1 is 1.16 bits per heavy atom. The highest BCUT2D eigenvalue weighted by Crippen LogP contribution is 2.33. The second-order valence-electron chi connectivity index (χ2n) is 7.81. The van der Waals surface area contributed by atoms with Gasteiger partial charge >= 0.3 is 0 Å². The van der Waals surface area contributed by atoms with Crippen LogP contribution in [0.5, 0.6) is 0 Å². The highest BCUT2D eigenvalue weighted by molar-refractivity contribution is 5.29. The first kappa shape index (κ1) is 22.2. The maximum absolute atomic E-state index is 14.6. The lowest BCUT2D eigenvalue weighted by molar-refractivity contribution is -0.145. The summed E-state index contributed by atoms with van der Waals surface area (Å²) in [4.78, 5) is 13.8. The molecule has 11 heteroatoms. The summed E-state index contributed by atoms with van der Waals surface area (Å²) in [6.07, 6.45) is 5.11. The first-order valence-electron chi connectivity index (χ1n) is 10.2. The van der Waals surface area contributed by atoms with E-state index in [0.717, 1.165) is 24.5 Å². The van der Waals surface area contributed by atoms with Crippen LogP contribution in [0.2, 0.25) is 0 Å². The number of piperidine rings is 1. The summed E-state index contributed by atoms with van der Waals surface area (Å²) in [5, 5.41) is 15.5. The van der Waals surface area contributed by atoms with Crippen LogP contribution < -0.4 is 4.90 Å². The maximum atomic E-state index is 14.6. The van der Waals surface area contributed by atoms with Crippen LogP contribution in [0.1, 0.15) is 25.3 Å². The molecule has 0 saturated carbocycles. The van der Waals surface area contributed by atoms with E-state index in [0.29, 0.717) is 31.9 Å². The average Bonchev–Trinajstić information content (AvgIpc) is 3.27. The van der Waals surface area contributed by atoms with Crippen molar-refractivity contribution in [2.75, 3.05) is 18.0 Å². The van der Waals surface area contributed by atoms with Crippen LogP contribution in [-0.4, -0.2) is 55.1 Å². The predicted octanol–water partition coefficient (Wildman–Crippen LogP) is 2.45. The van der Waals surface area contributed by atoms with Gasteiger partial charge < -0.3 is 14.7 Å². The van der Waals surface area contributed by atoms with E-state index in [1.54, 1.807) is 6.92 Å². The second-order valence-corrected chi connectivity index (χ2v) is 7.81. The van der Waals surface area contributed by atoms with Gasteiger partial charge in [0.05, 0.1) is 31.1 Å². The summed E-state index contributed by atoms with van der Waals surface area (Å²) in [6, 6.07) is 3.05. The van der Waals surface area contributed by atoms with Crippen LogP contribution in [0.3, 0.4) is 0 Å². The molecule has 3 aromatic rings. The normalized spacial score (nSPS) is 17.8. The molecule has 1 N–H and O–H groups in total. The fraction of sp³-hybridized carbons (Fsp3) is 0.429. The molecule has 3 heterocycles. The zero-order valence-corrected chi connectivity index (χ0v) is 17.4. The molecule has 0 radical (unpaired) electrons.